The molecule has 0 aromatic heterocycles. The minimum Gasteiger partial charge on any atom is -0.353 e. The Labute approximate surface area is 125 Å². The summed E-state index contributed by atoms with van der Waals surface area (Å²) < 4.78 is 0. The summed E-state index contributed by atoms with van der Waals surface area (Å²) in [5, 5.41) is 3.77. The first-order chi connectivity index (χ1) is 8.63. The van der Waals surface area contributed by atoms with E-state index in [2.05, 4.69) is 5.32 Å². The predicted molar refractivity (Wildman–Crippen MR) is 80.8 cm³/mol. The highest BCUT2D eigenvalue weighted by Gasteiger charge is 2.19. The minimum absolute atomic E-state index is 0. The molecule has 0 aliphatic heterocycles. The SMILES string of the molecule is Cl.NC1CCC(NC(=O)Cc2ccc(Cl)cc2)CC1. The molecule has 3 N–H and O–H groups in total. The van der Waals surface area contributed by atoms with Gasteiger partial charge in [0.25, 0.3) is 0 Å². The van der Waals surface area contributed by atoms with Gasteiger partial charge in [-0.1, -0.05) is 23.7 Å². The summed E-state index contributed by atoms with van der Waals surface area (Å²) in [5.41, 5.74) is 6.83. The van der Waals surface area contributed by atoms with Gasteiger partial charge < -0.3 is 11.1 Å². The molecule has 0 bridgehead atoms. The standard InChI is InChI=1S/C14H19ClN2O.ClH/c15-11-3-1-10(2-4-11)9-14(18)17-13-7-5-12(16)6-8-13;/h1-4,12-13H,5-9,16H2,(H,17,18);1H. The smallest absolute Gasteiger partial charge is 0.224 e. The fourth-order valence-corrected chi connectivity index (χ4v) is 2.46. The number of carbonyl (C=O) groups excluding carboxylic acids is 1. The summed E-state index contributed by atoms with van der Waals surface area (Å²) in [4.78, 5) is 11.9. The highest BCUT2D eigenvalue weighted by molar-refractivity contribution is 6.30. The van der Waals surface area contributed by atoms with E-state index in [1.807, 2.05) is 24.3 Å². The molecule has 0 atom stereocenters. The molecule has 19 heavy (non-hydrogen) atoms. The van der Waals surface area contributed by atoms with Crippen LogP contribution in [0.2, 0.25) is 5.02 Å². The van der Waals surface area contributed by atoms with Gasteiger partial charge in [-0.05, 0) is 43.4 Å². The molecule has 1 aliphatic carbocycles. The predicted octanol–water partition coefficient (Wildman–Crippen LogP) is 2.69. The largest absolute Gasteiger partial charge is 0.353 e. The summed E-state index contributed by atoms with van der Waals surface area (Å²) in [6.07, 6.45) is 4.42. The quantitative estimate of drug-likeness (QED) is 0.902. The maximum Gasteiger partial charge on any atom is 0.224 e. The number of halogens is 2. The van der Waals surface area contributed by atoms with Gasteiger partial charge in [-0.2, -0.15) is 0 Å². The van der Waals surface area contributed by atoms with Gasteiger partial charge in [-0.25, -0.2) is 0 Å². The van der Waals surface area contributed by atoms with Gasteiger partial charge in [-0.3, -0.25) is 4.79 Å². The number of benzene rings is 1. The summed E-state index contributed by atoms with van der Waals surface area (Å²) in [7, 11) is 0. The van der Waals surface area contributed by atoms with E-state index in [1.165, 1.54) is 0 Å². The van der Waals surface area contributed by atoms with Crippen LogP contribution in [0.5, 0.6) is 0 Å². The van der Waals surface area contributed by atoms with Gasteiger partial charge in [0.2, 0.25) is 5.91 Å². The van der Waals surface area contributed by atoms with Gasteiger partial charge in [0.15, 0.2) is 0 Å². The van der Waals surface area contributed by atoms with Gasteiger partial charge >= 0.3 is 0 Å². The molecule has 0 saturated heterocycles. The molecule has 1 saturated carbocycles. The van der Waals surface area contributed by atoms with E-state index in [0.717, 1.165) is 31.2 Å². The van der Waals surface area contributed by atoms with Crippen LogP contribution in [-0.4, -0.2) is 18.0 Å². The van der Waals surface area contributed by atoms with E-state index in [9.17, 15) is 4.79 Å². The van der Waals surface area contributed by atoms with Gasteiger partial charge in [0, 0.05) is 17.1 Å². The molecule has 0 unspecified atom stereocenters. The van der Waals surface area contributed by atoms with E-state index >= 15 is 0 Å². The molecule has 0 heterocycles. The van der Waals surface area contributed by atoms with Crippen molar-refractivity contribution in [1.82, 2.24) is 5.32 Å². The van der Waals surface area contributed by atoms with Crippen molar-refractivity contribution in [3.05, 3.63) is 34.9 Å². The van der Waals surface area contributed by atoms with Crippen molar-refractivity contribution in [1.29, 1.82) is 0 Å². The topological polar surface area (TPSA) is 55.1 Å². The molecule has 2 rings (SSSR count). The summed E-state index contributed by atoms with van der Waals surface area (Å²) in [5.74, 6) is 0.0813. The number of hydrogen-bond donors (Lipinski definition) is 2. The second kappa shape index (κ2) is 7.73. The van der Waals surface area contributed by atoms with E-state index in [-0.39, 0.29) is 18.3 Å². The normalized spacial score (nSPS) is 22.4. The molecular weight excluding hydrogens is 283 g/mol. The van der Waals surface area contributed by atoms with Crippen LogP contribution in [0.3, 0.4) is 0 Å². The van der Waals surface area contributed by atoms with Crippen LogP contribution in [-0.2, 0) is 11.2 Å². The Morgan fingerprint density at radius 3 is 2.37 bits per heavy atom. The van der Waals surface area contributed by atoms with Crippen molar-refractivity contribution >= 4 is 29.9 Å². The number of nitrogens with one attached hydrogen (secondary N) is 1. The number of rotatable bonds is 3. The van der Waals surface area contributed by atoms with Crippen LogP contribution < -0.4 is 11.1 Å². The highest BCUT2D eigenvalue weighted by atomic mass is 35.5. The fraction of sp³-hybridized carbons (Fsp3) is 0.500. The molecule has 1 aliphatic rings. The molecule has 1 amide bonds. The Morgan fingerprint density at radius 1 is 1.21 bits per heavy atom. The zero-order valence-electron chi connectivity index (χ0n) is 10.8. The maximum atomic E-state index is 11.9. The first-order valence-electron chi connectivity index (χ1n) is 6.43. The third-order valence-corrected chi connectivity index (χ3v) is 3.67. The van der Waals surface area contributed by atoms with Crippen molar-refractivity contribution in [3.63, 3.8) is 0 Å². The maximum absolute atomic E-state index is 11.9. The van der Waals surface area contributed by atoms with Crippen LogP contribution in [0.4, 0.5) is 0 Å². The second-order valence-corrected chi connectivity index (χ2v) is 5.42. The number of carbonyl (C=O) groups is 1. The lowest BCUT2D eigenvalue weighted by molar-refractivity contribution is -0.121. The lowest BCUT2D eigenvalue weighted by Crippen LogP contribution is -2.41. The first kappa shape index (κ1) is 16.3. The van der Waals surface area contributed by atoms with E-state index in [4.69, 9.17) is 17.3 Å². The van der Waals surface area contributed by atoms with Gasteiger partial charge in [0.1, 0.15) is 0 Å². The zero-order valence-corrected chi connectivity index (χ0v) is 12.3. The molecule has 1 aromatic carbocycles. The Morgan fingerprint density at radius 2 is 1.79 bits per heavy atom. The molecule has 5 heteroatoms. The lowest BCUT2D eigenvalue weighted by Gasteiger charge is -2.26. The molecule has 106 valence electrons. The molecule has 1 fully saturated rings. The van der Waals surface area contributed by atoms with E-state index in [1.54, 1.807) is 0 Å². The Bertz CT molecular complexity index is 400. The number of nitrogens with two attached hydrogens (primary N) is 1. The van der Waals surface area contributed by atoms with Crippen molar-refractivity contribution in [2.24, 2.45) is 5.73 Å². The number of amides is 1. The third kappa shape index (κ3) is 5.39. The molecule has 0 spiro atoms. The van der Waals surface area contributed by atoms with Crippen LogP contribution >= 0.6 is 24.0 Å². The molecular formula is C14H20Cl2N2O. The van der Waals surface area contributed by atoms with Crippen molar-refractivity contribution in [2.75, 3.05) is 0 Å². The third-order valence-electron chi connectivity index (χ3n) is 3.41. The summed E-state index contributed by atoms with van der Waals surface area (Å²) in [6.45, 7) is 0. The van der Waals surface area contributed by atoms with Crippen LogP contribution in [0.25, 0.3) is 0 Å². The van der Waals surface area contributed by atoms with Gasteiger partial charge in [-0.15, -0.1) is 12.4 Å². The average molecular weight is 303 g/mol. The fourth-order valence-electron chi connectivity index (χ4n) is 2.33. The van der Waals surface area contributed by atoms with Crippen molar-refractivity contribution < 1.29 is 4.79 Å². The summed E-state index contributed by atoms with van der Waals surface area (Å²) >= 11 is 5.81. The second-order valence-electron chi connectivity index (χ2n) is 4.98. The Hall–Kier alpha value is -0.770. The van der Waals surface area contributed by atoms with Crippen molar-refractivity contribution in [3.8, 4) is 0 Å². The lowest BCUT2D eigenvalue weighted by atomic mass is 9.91. The Kier molecular flexibility index (Phi) is 6.63. The number of hydrogen-bond acceptors (Lipinski definition) is 2. The van der Waals surface area contributed by atoms with Crippen LogP contribution in [0.15, 0.2) is 24.3 Å². The van der Waals surface area contributed by atoms with Crippen molar-refractivity contribution in [2.45, 2.75) is 44.2 Å². The van der Waals surface area contributed by atoms with Crippen LogP contribution in [0.1, 0.15) is 31.2 Å². The minimum atomic E-state index is 0. The van der Waals surface area contributed by atoms with E-state index < -0.39 is 0 Å². The molecule has 3 nitrogen and oxygen atoms in total. The monoisotopic (exact) mass is 302 g/mol. The summed E-state index contributed by atoms with van der Waals surface area (Å²) in [6, 6.07) is 8.00. The Balaban J connectivity index is 0.00000180. The van der Waals surface area contributed by atoms with Gasteiger partial charge in [0.05, 0.1) is 6.42 Å². The average Bonchev–Trinajstić information content (AvgIpc) is 2.35. The van der Waals surface area contributed by atoms with E-state index in [0.29, 0.717) is 23.5 Å². The highest BCUT2D eigenvalue weighted by Crippen LogP contribution is 2.17. The first-order valence-corrected chi connectivity index (χ1v) is 6.80. The zero-order chi connectivity index (χ0) is 13.0. The van der Waals surface area contributed by atoms with Crippen LogP contribution in [0, 0.1) is 0 Å². The molecule has 1 aromatic rings. The molecule has 0 radical (unpaired) electrons.